The van der Waals surface area contributed by atoms with E-state index in [2.05, 4.69) is 15.9 Å². The Bertz CT molecular complexity index is 486. The summed E-state index contributed by atoms with van der Waals surface area (Å²) >= 11 is 3.55. The molecule has 0 aliphatic rings. The topological polar surface area (TPSA) is 49.8 Å². The van der Waals surface area contributed by atoms with Gasteiger partial charge in [-0.3, -0.25) is 4.79 Å². The second kappa shape index (κ2) is 5.61. The van der Waals surface area contributed by atoms with Gasteiger partial charge in [-0.05, 0) is 37.5 Å². The Labute approximate surface area is 116 Å². The van der Waals surface area contributed by atoms with Crippen LogP contribution in [0.25, 0.3) is 0 Å². The third kappa shape index (κ3) is 2.61. The van der Waals surface area contributed by atoms with Crippen LogP contribution in [0.5, 0.6) is 5.75 Å². The fourth-order valence-electron chi connectivity index (χ4n) is 2.06. The highest BCUT2D eigenvalue weighted by Crippen LogP contribution is 2.41. The van der Waals surface area contributed by atoms with E-state index in [9.17, 15) is 4.79 Å². The molecule has 0 atom stereocenters. The second-order valence-corrected chi connectivity index (χ2v) is 5.11. The summed E-state index contributed by atoms with van der Waals surface area (Å²) in [4.78, 5) is 12.5. The molecule has 0 bridgehead atoms. The molecule has 0 saturated heterocycles. The average molecular weight is 316 g/mol. The van der Waals surface area contributed by atoms with Crippen molar-refractivity contribution in [2.75, 3.05) is 25.6 Å². The molecule has 18 heavy (non-hydrogen) atoms. The maximum atomic E-state index is 10.8. The van der Waals surface area contributed by atoms with Crippen LogP contribution in [0.1, 0.15) is 16.7 Å². The van der Waals surface area contributed by atoms with E-state index in [1.165, 1.54) is 0 Å². The van der Waals surface area contributed by atoms with E-state index in [4.69, 9.17) is 9.84 Å². The number of anilines is 1. The summed E-state index contributed by atoms with van der Waals surface area (Å²) in [5.41, 5.74) is 3.92. The van der Waals surface area contributed by atoms with Crippen LogP contribution in [0.2, 0.25) is 0 Å². The number of methoxy groups -OCH3 is 1. The zero-order chi connectivity index (χ0) is 14.0. The second-order valence-electron chi connectivity index (χ2n) is 4.32. The standard InChI is InChI=1S/C13H18BrNO3/c1-7-8(2)13(18-5)12(9(3)11(7)14)15(4)6-10(16)17/h6H2,1-5H3,(H,16,17). The summed E-state index contributed by atoms with van der Waals surface area (Å²) in [6.07, 6.45) is 0. The molecule has 100 valence electrons. The molecule has 0 spiro atoms. The van der Waals surface area contributed by atoms with Gasteiger partial charge in [-0.25, -0.2) is 0 Å². The van der Waals surface area contributed by atoms with Crippen molar-refractivity contribution < 1.29 is 14.6 Å². The monoisotopic (exact) mass is 315 g/mol. The normalized spacial score (nSPS) is 10.3. The van der Waals surface area contributed by atoms with E-state index in [0.29, 0.717) is 0 Å². The number of carboxylic acid groups (broad SMARTS) is 1. The Kier molecular flexibility index (Phi) is 4.62. The number of hydrogen-bond donors (Lipinski definition) is 1. The van der Waals surface area contributed by atoms with Crippen LogP contribution in [-0.2, 0) is 4.79 Å². The number of hydrogen-bond acceptors (Lipinski definition) is 3. The highest BCUT2D eigenvalue weighted by Gasteiger charge is 2.20. The van der Waals surface area contributed by atoms with Crippen LogP contribution >= 0.6 is 15.9 Å². The third-order valence-electron chi connectivity index (χ3n) is 3.09. The van der Waals surface area contributed by atoms with Crippen molar-refractivity contribution in [2.24, 2.45) is 0 Å². The van der Waals surface area contributed by atoms with Gasteiger partial charge in [0.25, 0.3) is 0 Å². The number of rotatable bonds is 4. The SMILES string of the molecule is COc1c(C)c(C)c(Br)c(C)c1N(C)CC(=O)O. The minimum Gasteiger partial charge on any atom is -0.494 e. The van der Waals surface area contributed by atoms with E-state index in [1.807, 2.05) is 20.8 Å². The summed E-state index contributed by atoms with van der Waals surface area (Å²) in [6.45, 7) is 5.87. The predicted molar refractivity (Wildman–Crippen MR) is 75.8 cm³/mol. The number of benzene rings is 1. The lowest BCUT2D eigenvalue weighted by molar-refractivity contribution is -0.135. The van der Waals surface area contributed by atoms with Crippen molar-refractivity contribution in [1.82, 2.24) is 0 Å². The molecular formula is C13H18BrNO3. The van der Waals surface area contributed by atoms with Gasteiger partial charge in [-0.2, -0.15) is 0 Å². The summed E-state index contributed by atoms with van der Waals surface area (Å²) in [6, 6.07) is 0. The van der Waals surface area contributed by atoms with Gasteiger partial charge in [-0.1, -0.05) is 15.9 Å². The average Bonchev–Trinajstić information content (AvgIpc) is 2.29. The Hall–Kier alpha value is -1.23. The van der Waals surface area contributed by atoms with Crippen molar-refractivity contribution in [1.29, 1.82) is 0 Å². The third-order valence-corrected chi connectivity index (χ3v) is 4.28. The van der Waals surface area contributed by atoms with Crippen LogP contribution in [0.15, 0.2) is 4.47 Å². The minimum absolute atomic E-state index is 0.0634. The lowest BCUT2D eigenvalue weighted by Crippen LogP contribution is -2.26. The molecular weight excluding hydrogens is 298 g/mol. The van der Waals surface area contributed by atoms with Crippen LogP contribution in [-0.4, -0.2) is 31.8 Å². The molecule has 1 aromatic rings. The molecule has 0 amide bonds. The molecule has 1 rings (SSSR count). The van der Waals surface area contributed by atoms with Gasteiger partial charge >= 0.3 is 5.97 Å². The first-order chi connectivity index (χ1) is 8.31. The molecule has 0 radical (unpaired) electrons. The van der Waals surface area contributed by atoms with Crippen molar-refractivity contribution in [2.45, 2.75) is 20.8 Å². The lowest BCUT2D eigenvalue weighted by atomic mass is 10.0. The Balaban J connectivity index is 3.46. The van der Waals surface area contributed by atoms with Gasteiger partial charge in [0.1, 0.15) is 12.3 Å². The maximum Gasteiger partial charge on any atom is 0.323 e. The molecule has 5 heteroatoms. The molecule has 0 aliphatic heterocycles. The van der Waals surface area contributed by atoms with Crippen LogP contribution in [0.4, 0.5) is 5.69 Å². The van der Waals surface area contributed by atoms with E-state index in [1.54, 1.807) is 19.1 Å². The Morgan fingerprint density at radius 3 is 2.28 bits per heavy atom. The van der Waals surface area contributed by atoms with Gasteiger partial charge in [0, 0.05) is 11.5 Å². The number of halogens is 1. The Morgan fingerprint density at radius 1 is 1.28 bits per heavy atom. The quantitative estimate of drug-likeness (QED) is 0.928. The zero-order valence-electron chi connectivity index (χ0n) is 11.3. The summed E-state index contributed by atoms with van der Waals surface area (Å²) in [5, 5.41) is 8.90. The van der Waals surface area contributed by atoms with Crippen LogP contribution in [0.3, 0.4) is 0 Å². The smallest absolute Gasteiger partial charge is 0.323 e. The fourth-order valence-corrected chi connectivity index (χ4v) is 2.54. The summed E-state index contributed by atoms with van der Waals surface area (Å²) in [5.74, 6) is -0.134. The first kappa shape index (κ1) is 14.8. The number of likely N-dealkylation sites (N-methyl/N-ethyl adjacent to an activating group) is 1. The summed E-state index contributed by atoms with van der Waals surface area (Å²) in [7, 11) is 3.35. The molecule has 0 unspecified atom stereocenters. The van der Waals surface area contributed by atoms with Gasteiger partial charge in [0.2, 0.25) is 0 Å². The van der Waals surface area contributed by atoms with Crippen molar-refractivity contribution in [3.05, 3.63) is 21.2 Å². The number of carboxylic acids is 1. The van der Waals surface area contributed by atoms with Gasteiger partial charge < -0.3 is 14.7 Å². The predicted octanol–water partition coefficient (Wildman–Crippen LogP) is 2.90. The highest BCUT2D eigenvalue weighted by atomic mass is 79.9. The number of nitrogens with zero attached hydrogens (tertiary/aromatic N) is 1. The number of carbonyl (C=O) groups is 1. The first-order valence-corrected chi connectivity index (χ1v) is 6.36. The molecule has 0 saturated carbocycles. The minimum atomic E-state index is -0.867. The molecule has 4 nitrogen and oxygen atoms in total. The van der Waals surface area contributed by atoms with E-state index < -0.39 is 5.97 Å². The fraction of sp³-hybridized carbons (Fsp3) is 0.462. The largest absolute Gasteiger partial charge is 0.494 e. The molecule has 1 aromatic carbocycles. The number of ether oxygens (including phenoxy) is 1. The van der Waals surface area contributed by atoms with Gasteiger partial charge in [-0.15, -0.1) is 0 Å². The zero-order valence-corrected chi connectivity index (χ0v) is 12.9. The lowest BCUT2D eigenvalue weighted by Gasteiger charge is -2.25. The maximum absolute atomic E-state index is 10.8. The van der Waals surface area contributed by atoms with Crippen LogP contribution in [0, 0.1) is 20.8 Å². The van der Waals surface area contributed by atoms with Crippen molar-refractivity contribution >= 4 is 27.6 Å². The number of aliphatic carboxylic acids is 1. The molecule has 1 N–H and O–H groups in total. The Morgan fingerprint density at radius 2 is 1.83 bits per heavy atom. The van der Waals surface area contributed by atoms with E-state index in [0.717, 1.165) is 32.6 Å². The van der Waals surface area contributed by atoms with E-state index >= 15 is 0 Å². The van der Waals surface area contributed by atoms with Crippen molar-refractivity contribution in [3.8, 4) is 5.75 Å². The highest BCUT2D eigenvalue weighted by molar-refractivity contribution is 9.10. The van der Waals surface area contributed by atoms with Crippen molar-refractivity contribution in [3.63, 3.8) is 0 Å². The first-order valence-electron chi connectivity index (χ1n) is 5.57. The van der Waals surface area contributed by atoms with Crippen LogP contribution < -0.4 is 9.64 Å². The molecule has 0 aromatic heterocycles. The summed E-state index contributed by atoms with van der Waals surface area (Å²) < 4.78 is 6.43. The molecule has 0 fully saturated rings. The molecule has 0 heterocycles. The van der Waals surface area contributed by atoms with Gasteiger partial charge in [0.05, 0.1) is 12.8 Å². The molecule has 0 aliphatic carbocycles. The van der Waals surface area contributed by atoms with Gasteiger partial charge in [0.15, 0.2) is 0 Å². The van der Waals surface area contributed by atoms with E-state index in [-0.39, 0.29) is 6.54 Å².